The zero-order chi connectivity index (χ0) is 34.6. The van der Waals surface area contributed by atoms with Gasteiger partial charge in [0, 0.05) is 35.5 Å². The van der Waals surface area contributed by atoms with E-state index in [-0.39, 0.29) is 35.0 Å². The average Bonchev–Trinajstić information content (AvgIpc) is 3.76. The van der Waals surface area contributed by atoms with Crippen LogP contribution in [0.4, 0.5) is 5.69 Å². The highest BCUT2D eigenvalue weighted by molar-refractivity contribution is 8.04. The molecule has 8 heteroatoms. The van der Waals surface area contributed by atoms with Crippen LogP contribution in [0.25, 0.3) is 50.0 Å². The second-order valence-corrected chi connectivity index (χ2v) is 16.8. The van der Waals surface area contributed by atoms with Crippen LogP contribution in [-0.2, 0) is 6.54 Å². The zero-order valence-electron chi connectivity index (χ0n) is 29.1. The molecule has 3 heterocycles. The smallest absolute Gasteiger partial charge is 0.278 e. The molecule has 0 spiro atoms. The van der Waals surface area contributed by atoms with Gasteiger partial charge in [0.15, 0.2) is 0 Å². The normalized spacial score (nSPS) is 17.8. The van der Waals surface area contributed by atoms with Crippen molar-refractivity contribution in [2.75, 3.05) is 11.4 Å². The Labute approximate surface area is 327 Å². The van der Waals surface area contributed by atoms with Crippen molar-refractivity contribution in [1.29, 1.82) is 0 Å². The van der Waals surface area contributed by atoms with Crippen LogP contribution in [0.2, 0.25) is 0 Å². The standard InChI is InChI=1S/C43H38N3OS3.HI/c1-6-44-34-19-17-30-13-9-11-15-32(30)40(34)49-37(44)22-21-36-42(47)46(8-3)39(48-36)25-29-23-28(26-43(4,5)27-29)24-38-45(7-2)35-20-18-31-14-10-12-16-33(31)41(35)50-38;/h2,9-25H,6,8,26-27H2,1,3-5H3;1H/q+1;/p-1. The Morgan fingerprint density at radius 1 is 0.882 bits per heavy atom. The maximum absolute atomic E-state index is 13.7. The van der Waals surface area contributed by atoms with Crippen LogP contribution in [0.3, 0.4) is 0 Å². The summed E-state index contributed by atoms with van der Waals surface area (Å²) >= 11 is 5.11. The first-order chi connectivity index (χ1) is 24.3. The molecule has 0 saturated heterocycles. The lowest BCUT2D eigenvalue weighted by Gasteiger charge is -2.30. The predicted molar refractivity (Wildman–Crippen MR) is 216 cm³/mol. The maximum atomic E-state index is 13.7. The van der Waals surface area contributed by atoms with Crippen molar-refractivity contribution < 1.29 is 28.5 Å². The van der Waals surface area contributed by atoms with Crippen molar-refractivity contribution in [3.63, 3.8) is 0 Å². The largest absolute Gasteiger partial charge is 1.00 e. The molecule has 0 N–H and O–H groups in total. The van der Waals surface area contributed by atoms with E-state index in [1.54, 1.807) is 34.4 Å². The molecule has 51 heavy (non-hydrogen) atoms. The molecular weight excluding hydrogens is 798 g/mol. The fraction of sp³-hybridized carbons (Fsp3) is 0.209. The second-order valence-electron chi connectivity index (χ2n) is 13.6. The summed E-state index contributed by atoms with van der Waals surface area (Å²) in [5.41, 5.74) is 4.89. The quantitative estimate of drug-likeness (QED) is 0.121. The summed E-state index contributed by atoms with van der Waals surface area (Å²) in [6.45, 7) is 10.4. The summed E-state index contributed by atoms with van der Waals surface area (Å²) in [4.78, 5) is 17.3. The van der Waals surface area contributed by atoms with Crippen LogP contribution in [-0.4, -0.2) is 11.1 Å². The van der Waals surface area contributed by atoms with E-state index in [1.807, 2.05) is 15.2 Å². The molecule has 1 aliphatic carbocycles. The lowest BCUT2D eigenvalue weighted by atomic mass is 9.75. The lowest BCUT2D eigenvalue weighted by Crippen LogP contribution is -3.00. The van der Waals surface area contributed by atoms with E-state index < -0.39 is 0 Å². The van der Waals surface area contributed by atoms with Crippen LogP contribution < -0.4 is 48.2 Å². The fourth-order valence-corrected chi connectivity index (χ4v) is 11.0. The van der Waals surface area contributed by atoms with Gasteiger partial charge in [-0.05, 0) is 96.2 Å². The van der Waals surface area contributed by atoms with Crippen LogP contribution in [0, 0.1) is 17.9 Å². The molecular formula is C43H38IN3OS3. The summed E-state index contributed by atoms with van der Waals surface area (Å²) in [5, 5.41) is 7.15. The molecule has 0 fully saturated rings. The summed E-state index contributed by atoms with van der Waals surface area (Å²) in [7, 11) is 0. The number of nitrogens with zero attached hydrogens (tertiary/aromatic N) is 3. The minimum absolute atomic E-state index is 0. The second kappa shape index (κ2) is 14.3. The molecule has 4 nitrogen and oxygen atoms in total. The van der Waals surface area contributed by atoms with Gasteiger partial charge >= 0.3 is 0 Å². The van der Waals surface area contributed by atoms with Crippen molar-refractivity contribution in [1.82, 2.24) is 4.57 Å². The highest BCUT2D eigenvalue weighted by Gasteiger charge is 2.28. The number of rotatable bonds is 5. The fourth-order valence-electron chi connectivity index (χ4n) is 7.40. The highest BCUT2D eigenvalue weighted by Crippen LogP contribution is 2.49. The Morgan fingerprint density at radius 3 is 2.35 bits per heavy atom. The third-order valence-electron chi connectivity index (χ3n) is 9.58. The monoisotopic (exact) mass is 835 g/mol. The molecule has 0 unspecified atom stereocenters. The molecule has 1 aliphatic heterocycles. The molecule has 0 saturated carbocycles. The van der Waals surface area contributed by atoms with Gasteiger partial charge in [-0.25, -0.2) is 0 Å². The Bertz CT molecular complexity index is 2680. The van der Waals surface area contributed by atoms with E-state index in [1.165, 1.54) is 48.0 Å². The summed E-state index contributed by atoms with van der Waals surface area (Å²) in [6.07, 6.45) is 18.9. The molecule has 256 valence electrons. The van der Waals surface area contributed by atoms with Crippen LogP contribution in [0.5, 0.6) is 0 Å². The minimum Gasteiger partial charge on any atom is -1.00 e. The van der Waals surface area contributed by atoms with E-state index in [2.05, 4.69) is 136 Å². The van der Waals surface area contributed by atoms with Gasteiger partial charge in [-0.15, -0.1) is 11.3 Å². The molecule has 4 aromatic carbocycles. The van der Waals surface area contributed by atoms with E-state index in [4.69, 9.17) is 6.42 Å². The van der Waals surface area contributed by atoms with Crippen LogP contribution in [0.1, 0.15) is 45.5 Å². The topological polar surface area (TPSA) is 29.1 Å². The first kappa shape index (κ1) is 35.5. The number of hydrogen-bond donors (Lipinski definition) is 0. The number of hydrogen-bond acceptors (Lipinski definition) is 5. The first-order valence-electron chi connectivity index (χ1n) is 17.1. The number of terminal acetylenes is 1. The van der Waals surface area contributed by atoms with Gasteiger partial charge in [-0.3, -0.25) is 9.36 Å². The number of allylic oxidation sites excluding steroid dienone is 4. The Hall–Kier alpha value is -3.88. The third kappa shape index (κ3) is 6.54. The van der Waals surface area contributed by atoms with Crippen molar-refractivity contribution in [2.45, 2.75) is 52.0 Å². The molecule has 8 rings (SSSR count). The molecule has 2 aliphatic rings. The highest BCUT2D eigenvalue weighted by atomic mass is 127. The molecule has 0 bridgehead atoms. The Balaban J connectivity index is 0.00000406. The molecule has 0 atom stereocenters. The van der Waals surface area contributed by atoms with Gasteiger partial charge in [0.1, 0.15) is 4.70 Å². The van der Waals surface area contributed by atoms with Crippen molar-refractivity contribution in [3.8, 4) is 12.5 Å². The van der Waals surface area contributed by atoms with Crippen molar-refractivity contribution in [2.24, 2.45) is 5.41 Å². The maximum Gasteiger partial charge on any atom is 0.278 e. The number of fused-ring (bicyclic) bond motifs is 6. The van der Waals surface area contributed by atoms with Crippen molar-refractivity contribution in [3.05, 3.63) is 126 Å². The summed E-state index contributed by atoms with van der Waals surface area (Å²) in [6, 6.07) is 28.7. The van der Waals surface area contributed by atoms with Gasteiger partial charge in [-0.1, -0.05) is 102 Å². The number of anilines is 1. The molecule has 0 amide bonds. The van der Waals surface area contributed by atoms with E-state index in [9.17, 15) is 4.79 Å². The SMILES string of the molecule is C#C[n+]1c(C=C2C=C(C=c3sc(=CC=C4Sc5c(ccc6ccccc56)N4CC)c(=O)n3CC)CC(C)(C)C2)sc2c3ccccc3ccc21.[I-]. The van der Waals surface area contributed by atoms with E-state index in [0.717, 1.165) is 44.1 Å². The van der Waals surface area contributed by atoms with Gasteiger partial charge in [0.25, 0.3) is 10.6 Å². The summed E-state index contributed by atoms with van der Waals surface area (Å²) in [5.74, 6) is 0. The van der Waals surface area contributed by atoms with Crippen molar-refractivity contribution >= 4 is 90.1 Å². The Morgan fingerprint density at radius 2 is 1.61 bits per heavy atom. The molecule has 0 radical (unpaired) electrons. The number of thioether (sulfide) groups is 1. The molecule has 2 aromatic heterocycles. The predicted octanol–water partition coefficient (Wildman–Crippen LogP) is 6.05. The lowest BCUT2D eigenvalue weighted by molar-refractivity contribution is -0.551. The van der Waals surface area contributed by atoms with Crippen LogP contribution >= 0.6 is 34.4 Å². The van der Waals surface area contributed by atoms with Gasteiger partial charge in [-0.2, -0.15) is 0 Å². The number of thiazole rings is 2. The Kier molecular flexibility index (Phi) is 9.94. The number of benzene rings is 4. The minimum atomic E-state index is 0. The summed E-state index contributed by atoms with van der Waals surface area (Å²) < 4.78 is 6.83. The van der Waals surface area contributed by atoms with Gasteiger partial charge < -0.3 is 28.9 Å². The average molecular weight is 836 g/mol. The zero-order valence-corrected chi connectivity index (χ0v) is 33.7. The van der Waals surface area contributed by atoms with Crippen LogP contribution in [0.15, 0.2) is 111 Å². The number of aromatic nitrogens is 2. The third-order valence-corrected chi connectivity index (χ3v) is 13.0. The molecule has 6 aromatic rings. The first-order valence-corrected chi connectivity index (χ1v) is 19.6. The van der Waals surface area contributed by atoms with Gasteiger partial charge in [0.2, 0.25) is 11.6 Å². The van der Waals surface area contributed by atoms with Gasteiger partial charge in [0.05, 0.1) is 19.9 Å². The van der Waals surface area contributed by atoms with E-state index in [0.29, 0.717) is 6.54 Å². The van der Waals surface area contributed by atoms with E-state index >= 15 is 0 Å². The number of halogens is 1.